The molecule has 0 amide bonds. The lowest BCUT2D eigenvalue weighted by Crippen LogP contribution is -2.33. The number of nitrogens with zero attached hydrogens (tertiary/aromatic N) is 2. The van der Waals surface area contributed by atoms with E-state index in [1.54, 1.807) is 12.1 Å². The van der Waals surface area contributed by atoms with Crippen LogP contribution >= 0.6 is 0 Å². The SMILES string of the molecule is CC1CCN(c2ccc(N)cc2[N+](=O)[O-])CC1. The maximum absolute atomic E-state index is 11.0. The summed E-state index contributed by atoms with van der Waals surface area (Å²) >= 11 is 0. The van der Waals surface area contributed by atoms with Crippen LogP contribution in [0.1, 0.15) is 19.8 Å². The molecule has 1 aliphatic heterocycles. The van der Waals surface area contributed by atoms with E-state index in [0.29, 0.717) is 17.3 Å². The first-order chi connectivity index (χ1) is 8.08. The molecule has 0 saturated carbocycles. The van der Waals surface area contributed by atoms with E-state index in [4.69, 9.17) is 5.73 Å². The highest BCUT2D eigenvalue weighted by molar-refractivity contribution is 5.68. The van der Waals surface area contributed by atoms with Crippen molar-refractivity contribution in [2.45, 2.75) is 19.8 Å². The van der Waals surface area contributed by atoms with E-state index in [1.165, 1.54) is 6.07 Å². The molecule has 5 heteroatoms. The van der Waals surface area contributed by atoms with E-state index >= 15 is 0 Å². The molecule has 0 radical (unpaired) electrons. The van der Waals surface area contributed by atoms with Crippen molar-refractivity contribution in [3.05, 3.63) is 28.3 Å². The second-order valence-electron chi connectivity index (χ2n) is 4.67. The maximum Gasteiger partial charge on any atom is 0.294 e. The monoisotopic (exact) mass is 235 g/mol. The third-order valence-corrected chi connectivity index (χ3v) is 3.32. The number of nitro groups is 1. The minimum atomic E-state index is -0.357. The molecule has 1 aromatic carbocycles. The maximum atomic E-state index is 11.0. The average molecular weight is 235 g/mol. The number of piperidine rings is 1. The first kappa shape index (κ1) is 11.7. The Kier molecular flexibility index (Phi) is 3.17. The lowest BCUT2D eigenvalue weighted by atomic mass is 9.98. The molecule has 0 unspecified atom stereocenters. The largest absolute Gasteiger partial charge is 0.399 e. The average Bonchev–Trinajstić information content (AvgIpc) is 2.30. The summed E-state index contributed by atoms with van der Waals surface area (Å²) in [6, 6.07) is 4.91. The van der Waals surface area contributed by atoms with Gasteiger partial charge in [0.15, 0.2) is 0 Å². The Morgan fingerprint density at radius 1 is 1.41 bits per heavy atom. The van der Waals surface area contributed by atoms with E-state index in [2.05, 4.69) is 11.8 Å². The summed E-state index contributed by atoms with van der Waals surface area (Å²) in [6.07, 6.45) is 2.17. The number of nitro benzene ring substituents is 1. The number of benzene rings is 1. The second kappa shape index (κ2) is 4.61. The van der Waals surface area contributed by atoms with Crippen LogP contribution in [0.3, 0.4) is 0 Å². The first-order valence-electron chi connectivity index (χ1n) is 5.87. The lowest BCUT2D eigenvalue weighted by Gasteiger charge is -2.31. The fourth-order valence-corrected chi connectivity index (χ4v) is 2.20. The molecule has 1 fully saturated rings. The quantitative estimate of drug-likeness (QED) is 0.485. The highest BCUT2D eigenvalue weighted by Gasteiger charge is 2.23. The van der Waals surface area contributed by atoms with Gasteiger partial charge in [-0.05, 0) is 30.9 Å². The van der Waals surface area contributed by atoms with Crippen molar-refractivity contribution in [3.63, 3.8) is 0 Å². The standard InChI is InChI=1S/C12H17N3O2/c1-9-4-6-14(7-5-9)11-3-2-10(13)8-12(11)15(16)17/h2-3,8-9H,4-7,13H2,1H3. The Hall–Kier alpha value is -1.78. The van der Waals surface area contributed by atoms with Gasteiger partial charge in [0, 0.05) is 24.8 Å². The van der Waals surface area contributed by atoms with E-state index in [9.17, 15) is 10.1 Å². The second-order valence-corrected chi connectivity index (χ2v) is 4.67. The van der Waals surface area contributed by atoms with Gasteiger partial charge in [0.1, 0.15) is 5.69 Å². The summed E-state index contributed by atoms with van der Waals surface area (Å²) < 4.78 is 0. The van der Waals surface area contributed by atoms with Crippen molar-refractivity contribution in [3.8, 4) is 0 Å². The Morgan fingerprint density at radius 3 is 2.65 bits per heavy atom. The van der Waals surface area contributed by atoms with E-state index in [-0.39, 0.29) is 10.6 Å². The number of hydrogen-bond donors (Lipinski definition) is 1. The molecule has 17 heavy (non-hydrogen) atoms. The van der Waals surface area contributed by atoms with Crippen LogP contribution in [0.4, 0.5) is 17.1 Å². The van der Waals surface area contributed by atoms with E-state index < -0.39 is 0 Å². The summed E-state index contributed by atoms with van der Waals surface area (Å²) in [7, 11) is 0. The molecule has 1 aromatic rings. The van der Waals surface area contributed by atoms with Crippen molar-refractivity contribution in [2.24, 2.45) is 5.92 Å². The van der Waals surface area contributed by atoms with Crippen molar-refractivity contribution >= 4 is 17.1 Å². The summed E-state index contributed by atoms with van der Waals surface area (Å²) in [5.41, 5.74) is 6.83. The zero-order valence-corrected chi connectivity index (χ0v) is 9.93. The topological polar surface area (TPSA) is 72.4 Å². The minimum Gasteiger partial charge on any atom is -0.399 e. The summed E-state index contributed by atoms with van der Waals surface area (Å²) in [5, 5.41) is 11.0. The van der Waals surface area contributed by atoms with Gasteiger partial charge in [-0.25, -0.2) is 0 Å². The van der Waals surface area contributed by atoms with Crippen molar-refractivity contribution in [1.82, 2.24) is 0 Å². The summed E-state index contributed by atoms with van der Waals surface area (Å²) in [4.78, 5) is 12.7. The van der Waals surface area contributed by atoms with E-state index in [0.717, 1.165) is 25.9 Å². The van der Waals surface area contributed by atoms with Crippen LogP contribution in [0.15, 0.2) is 18.2 Å². The Balaban J connectivity index is 2.28. The molecular weight excluding hydrogens is 218 g/mol. The summed E-state index contributed by atoms with van der Waals surface area (Å²) in [5.74, 6) is 0.707. The third-order valence-electron chi connectivity index (χ3n) is 3.32. The highest BCUT2D eigenvalue weighted by Crippen LogP contribution is 2.32. The van der Waals surface area contributed by atoms with Gasteiger partial charge in [0.2, 0.25) is 0 Å². The van der Waals surface area contributed by atoms with Gasteiger partial charge in [-0.2, -0.15) is 0 Å². The van der Waals surface area contributed by atoms with Crippen molar-refractivity contribution < 1.29 is 4.92 Å². The fraction of sp³-hybridized carbons (Fsp3) is 0.500. The molecule has 92 valence electrons. The molecule has 0 aromatic heterocycles. The van der Waals surface area contributed by atoms with Gasteiger partial charge in [0.05, 0.1) is 4.92 Å². The molecule has 1 heterocycles. The molecule has 1 saturated heterocycles. The molecule has 5 nitrogen and oxygen atoms in total. The Bertz CT molecular complexity index is 426. The van der Waals surface area contributed by atoms with Gasteiger partial charge in [0.25, 0.3) is 5.69 Å². The molecule has 0 spiro atoms. The number of rotatable bonds is 2. The molecular formula is C12H17N3O2. The van der Waals surface area contributed by atoms with Crippen LogP contribution in [0.5, 0.6) is 0 Å². The van der Waals surface area contributed by atoms with Gasteiger partial charge >= 0.3 is 0 Å². The Morgan fingerprint density at radius 2 is 2.06 bits per heavy atom. The summed E-state index contributed by atoms with van der Waals surface area (Å²) in [6.45, 7) is 3.98. The fourth-order valence-electron chi connectivity index (χ4n) is 2.20. The highest BCUT2D eigenvalue weighted by atomic mass is 16.6. The smallest absolute Gasteiger partial charge is 0.294 e. The lowest BCUT2D eigenvalue weighted by molar-refractivity contribution is -0.384. The number of nitrogens with two attached hydrogens (primary N) is 1. The van der Waals surface area contributed by atoms with Crippen LogP contribution in [0, 0.1) is 16.0 Å². The molecule has 0 atom stereocenters. The van der Waals surface area contributed by atoms with Crippen LogP contribution in [-0.2, 0) is 0 Å². The Labute approximate surface area is 100 Å². The van der Waals surface area contributed by atoms with Crippen LogP contribution in [0.25, 0.3) is 0 Å². The predicted octanol–water partition coefficient (Wildman–Crippen LogP) is 2.41. The zero-order chi connectivity index (χ0) is 12.4. The van der Waals surface area contributed by atoms with Gasteiger partial charge < -0.3 is 10.6 Å². The normalized spacial score (nSPS) is 17.1. The number of anilines is 2. The van der Waals surface area contributed by atoms with Gasteiger partial charge in [-0.3, -0.25) is 10.1 Å². The minimum absolute atomic E-state index is 0.111. The number of hydrogen-bond acceptors (Lipinski definition) is 4. The predicted molar refractivity (Wildman–Crippen MR) is 68.1 cm³/mol. The van der Waals surface area contributed by atoms with Crippen LogP contribution < -0.4 is 10.6 Å². The van der Waals surface area contributed by atoms with Gasteiger partial charge in [-0.1, -0.05) is 6.92 Å². The molecule has 0 bridgehead atoms. The van der Waals surface area contributed by atoms with Gasteiger partial charge in [-0.15, -0.1) is 0 Å². The van der Waals surface area contributed by atoms with E-state index in [1.807, 2.05) is 0 Å². The molecule has 2 N–H and O–H groups in total. The van der Waals surface area contributed by atoms with Crippen molar-refractivity contribution in [1.29, 1.82) is 0 Å². The van der Waals surface area contributed by atoms with Crippen LogP contribution in [-0.4, -0.2) is 18.0 Å². The first-order valence-corrected chi connectivity index (χ1v) is 5.87. The third kappa shape index (κ3) is 2.49. The van der Waals surface area contributed by atoms with Crippen LogP contribution in [0.2, 0.25) is 0 Å². The molecule has 0 aliphatic carbocycles. The molecule has 1 aliphatic rings. The number of nitrogen functional groups attached to an aromatic ring is 1. The zero-order valence-electron chi connectivity index (χ0n) is 9.93. The van der Waals surface area contributed by atoms with Crippen molar-refractivity contribution in [2.75, 3.05) is 23.7 Å². The molecule has 2 rings (SSSR count).